The fourth-order valence-corrected chi connectivity index (χ4v) is 3.33. The van der Waals surface area contributed by atoms with E-state index in [1.54, 1.807) is 63.6 Å². The molecule has 0 radical (unpaired) electrons. The molecule has 3 N–H and O–H groups in total. The minimum Gasteiger partial charge on any atom is -0.497 e. The van der Waals surface area contributed by atoms with Crippen LogP contribution in [-0.2, 0) is 6.54 Å². The Balaban J connectivity index is 1.56. The highest BCUT2D eigenvalue weighted by Crippen LogP contribution is 2.34. The average molecular weight is 469 g/mol. The summed E-state index contributed by atoms with van der Waals surface area (Å²) in [6.45, 7) is 1.94. The molecule has 0 unspecified atom stereocenters. The number of amides is 1. The fraction of sp³-hybridized carbons (Fsp3) is 0.182. The molecule has 0 fully saturated rings. The van der Waals surface area contributed by atoms with E-state index in [4.69, 9.17) is 31.2 Å². The van der Waals surface area contributed by atoms with Crippen LogP contribution in [0.1, 0.15) is 21.9 Å². The molecule has 11 heteroatoms. The van der Waals surface area contributed by atoms with Gasteiger partial charge in [-0.15, -0.1) is 5.10 Å². The van der Waals surface area contributed by atoms with Crippen LogP contribution in [0.3, 0.4) is 0 Å². The smallest absolute Gasteiger partial charge is 0.280 e. The summed E-state index contributed by atoms with van der Waals surface area (Å²) in [5.74, 6) is 1.72. The molecular formula is C22H21ClN6O4. The van der Waals surface area contributed by atoms with Crippen molar-refractivity contribution >= 4 is 29.0 Å². The van der Waals surface area contributed by atoms with Gasteiger partial charge in [0.15, 0.2) is 11.5 Å². The first-order valence-corrected chi connectivity index (χ1v) is 10.2. The largest absolute Gasteiger partial charge is 0.497 e. The number of oxazole rings is 1. The van der Waals surface area contributed by atoms with Gasteiger partial charge in [0.05, 0.1) is 37.0 Å². The van der Waals surface area contributed by atoms with Crippen LogP contribution >= 0.6 is 11.6 Å². The second kappa shape index (κ2) is 9.21. The van der Waals surface area contributed by atoms with Crippen molar-refractivity contribution in [1.82, 2.24) is 20.0 Å². The molecule has 2 aromatic carbocycles. The number of anilines is 2. The number of nitrogens with two attached hydrogens (primary N) is 1. The summed E-state index contributed by atoms with van der Waals surface area (Å²) >= 11 is 6.10. The fourth-order valence-electron chi connectivity index (χ4n) is 3.15. The van der Waals surface area contributed by atoms with E-state index in [0.717, 1.165) is 0 Å². The molecule has 0 saturated heterocycles. The Hall–Kier alpha value is -4.05. The quantitative estimate of drug-likeness (QED) is 0.419. The lowest BCUT2D eigenvalue weighted by Crippen LogP contribution is -2.15. The molecule has 0 atom stereocenters. The topological polar surface area (TPSA) is 130 Å². The molecule has 2 heterocycles. The van der Waals surface area contributed by atoms with Crippen molar-refractivity contribution in [3.05, 3.63) is 64.6 Å². The van der Waals surface area contributed by atoms with E-state index in [9.17, 15) is 4.79 Å². The predicted octanol–water partition coefficient (Wildman–Crippen LogP) is 3.79. The van der Waals surface area contributed by atoms with E-state index < -0.39 is 5.91 Å². The second-order valence-corrected chi connectivity index (χ2v) is 7.41. The van der Waals surface area contributed by atoms with Crippen LogP contribution in [0.15, 0.2) is 46.9 Å². The normalized spacial score (nSPS) is 10.8. The number of hydrogen-bond donors (Lipinski definition) is 2. The van der Waals surface area contributed by atoms with Crippen LogP contribution in [-0.4, -0.2) is 40.1 Å². The molecule has 0 spiro atoms. The third kappa shape index (κ3) is 4.46. The molecule has 0 aliphatic carbocycles. The highest BCUT2D eigenvalue weighted by molar-refractivity contribution is 6.33. The molecule has 0 saturated carbocycles. The first kappa shape index (κ1) is 22.2. The number of aromatic nitrogens is 4. The first-order valence-electron chi connectivity index (χ1n) is 9.84. The Kier molecular flexibility index (Phi) is 6.18. The van der Waals surface area contributed by atoms with E-state index in [1.165, 1.54) is 4.68 Å². The van der Waals surface area contributed by atoms with Crippen molar-refractivity contribution in [2.45, 2.75) is 13.5 Å². The van der Waals surface area contributed by atoms with Gasteiger partial charge < -0.3 is 24.9 Å². The number of methoxy groups -OCH3 is 2. The Morgan fingerprint density at radius 3 is 2.73 bits per heavy atom. The van der Waals surface area contributed by atoms with Crippen LogP contribution in [0.5, 0.6) is 11.5 Å². The van der Waals surface area contributed by atoms with Crippen molar-refractivity contribution in [3.63, 3.8) is 0 Å². The number of nitrogen functional groups attached to an aromatic ring is 1. The number of nitrogens with one attached hydrogen (secondary N) is 1. The summed E-state index contributed by atoms with van der Waals surface area (Å²) in [6.07, 6.45) is 0. The molecule has 0 bridgehead atoms. The van der Waals surface area contributed by atoms with Gasteiger partial charge in [0, 0.05) is 6.07 Å². The third-order valence-electron chi connectivity index (χ3n) is 4.94. The molecule has 33 heavy (non-hydrogen) atoms. The molecule has 4 rings (SSSR count). The van der Waals surface area contributed by atoms with Gasteiger partial charge in [-0.3, -0.25) is 4.79 Å². The number of carbonyl (C=O) groups is 1. The van der Waals surface area contributed by atoms with Gasteiger partial charge >= 0.3 is 0 Å². The van der Waals surface area contributed by atoms with Crippen molar-refractivity contribution in [2.24, 2.45) is 0 Å². The lowest BCUT2D eigenvalue weighted by molar-refractivity contribution is 0.102. The van der Waals surface area contributed by atoms with Crippen molar-refractivity contribution < 1.29 is 18.7 Å². The molecule has 170 valence electrons. The van der Waals surface area contributed by atoms with Gasteiger partial charge in [-0.1, -0.05) is 28.9 Å². The van der Waals surface area contributed by atoms with Gasteiger partial charge in [0.2, 0.25) is 5.89 Å². The molecule has 1 amide bonds. The molecule has 0 aliphatic rings. The van der Waals surface area contributed by atoms with Crippen molar-refractivity contribution in [1.29, 1.82) is 0 Å². The standard InChI is InChI=1S/C22H21ClN6O4/c1-12-17(26-22(33-12)14-9-8-13(31-2)10-18(14)32-3)11-29-20(24)19(27-28-29)21(30)25-16-7-5-4-6-15(16)23/h4-10H,11,24H2,1-3H3,(H,25,30). The van der Waals surface area contributed by atoms with Gasteiger partial charge in [-0.25, -0.2) is 9.67 Å². The summed E-state index contributed by atoms with van der Waals surface area (Å²) in [5.41, 5.74) is 7.82. The maximum atomic E-state index is 12.6. The average Bonchev–Trinajstić information content (AvgIpc) is 3.37. The molecular weight excluding hydrogens is 448 g/mol. The van der Waals surface area contributed by atoms with Crippen molar-refractivity contribution in [3.8, 4) is 23.0 Å². The summed E-state index contributed by atoms with van der Waals surface area (Å²) in [6, 6.07) is 12.2. The lowest BCUT2D eigenvalue weighted by Gasteiger charge is -2.07. The Morgan fingerprint density at radius 2 is 2.00 bits per heavy atom. The third-order valence-corrected chi connectivity index (χ3v) is 5.27. The predicted molar refractivity (Wildman–Crippen MR) is 123 cm³/mol. The summed E-state index contributed by atoms with van der Waals surface area (Å²) in [4.78, 5) is 17.2. The molecule has 0 aliphatic heterocycles. The Labute approximate surface area is 194 Å². The molecule has 2 aromatic heterocycles. The van der Waals surface area contributed by atoms with Gasteiger partial charge in [-0.05, 0) is 31.2 Å². The van der Waals surface area contributed by atoms with E-state index >= 15 is 0 Å². The van der Waals surface area contributed by atoms with E-state index in [2.05, 4.69) is 20.6 Å². The minimum atomic E-state index is -0.521. The van der Waals surface area contributed by atoms with Crippen LogP contribution < -0.4 is 20.5 Å². The van der Waals surface area contributed by atoms with Crippen LogP contribution in [0.25, 0.3) is 11.5 Å². The minimum absolute atomic E-state index is 0.0203. The first-order chi connectivity index (χ1) is 15.9. The van der Waals surface area contributed by atoms with Crippen LogP contribution in [0.2, 0.25) is 5.02 Å². The van der Waals surface area contributed by atoms with E-state index in [0.29, 0.717) is 45.1 Å². The number of para-hydroxylation sites is 1. The van der Waals surface area contributed by atoms with Crippen LogP contribution in [0.4, 0.5) is 11.5 Å². The zero-order chi connectivity index (χ0) is 23.5. The summed E-state index contributed by atoms with van der Waals surface area (Å²) in [7, 11) is 3.13. The number of ether oxygens (including phenoxy) is 2. The zero-order valence-corrected chi connectivity index (χ0v) is 18.9. The SMILES string of the molecule is COc1ccc(-c2nc(Cn3nnc(C(=O)Nc4ccccc4Cl)c3N)c(C)o2)c(OC)c1. The number of halogens is 1. The monoisotopic (exact) mass is 468 g/mol. The van der Waals surface area contributed by atoms with Gasteiger partial charge in [-0.2, -0.15) is 0 Å². The molecule has 4 aromatic rings. The number of carbonyl (C=O) groups excluding carboxylic acids is 1. The summed E-state index contributed by atoms with van der Waals surface area (Å²) < 4.78 is 17.9. The Bertz CT molecular complexity index is 1320. The van der Waals surface area contributed by atoms with Crippen LogP contribution in [0, 0.1) is 6.92 Å². The van der Waals surface area contributed by atoms with Gasteiger partial charge in [0.25, 0.3) is 5.91 Å². The maximum absolute atomic E-state index is 12.6. The number of benzene rings is 2. The highest BCUT2D eigenvalue weighted by Gasteiger charge is 2.21. The molecule has 10 nitrogen and oxygen atoms in total. The lowest BCUT2D eigenvalue weighted by atomic mass is 10.2. The van der Waals surface area contributed by atoms with Crippen molar-refractivity contribution in [2.75, 3.05) is 25.3 Å². The Morgan fingerprint density at radius 1 is 1.21 bits per heavy atom. The highest BCUT2D eigenvalue weighted by atomic mass is 35.5. The number of hydrogen-bond acceptors (Lipinski definition) is 8. The zero-order valence-electron chi connectivity index (χ0n) is 18.1. The van der Waals surface area contributed by atoms with E-state index in [-0.39, 0.29) is 18.1 Å². The number of nitrogens with zero attached hydrogens (tertiary/aromatic N) is 4. The van der Waals surface area contributed by atoms with E-state index in [1.807, 2.05) is 0 Å². The number of aryl methyl sites for hydroxylation is 1. The summed E-state index contributed by atoms with van der Waals surface area (Å²) in [5, 5.41) is 11.0. The second-order valence-electron chi connectivity index (χ2n) is 7.00. The number of rotatable bonds is 7. The maximum Gasteiger partial charge on any atom is 0.280 e. The van der Waals surface area contributed by atoms with Gasteiger partial charge in [0.1, 0.15) is 23.0 Å².